The molecule has 2 rings (SSSR count). The molecule has 0 radical (unpaired) electrons. The maximum atomic E-state index is 10.4. The van der Waals surface area contributed by atoms with E-state index in [1.165, 1.54) is 6.20 Å². The van der Waals surface area contributed by atoms with Gasteiger partial charge >= 0.3 is 0 Å². The topological polar surface area (TPSA) is 86.2 Å². The van der Waals surface area contributed by atoms with Gasteiger partial charge in [0, 0.05) is 12.1 Å². The Kier molecular flexibility index (Phi) is 3.47. The summed E-state index contributed by atoms with van der Waals surface area (Å²) in [5, 5.41) is 18.0. The Morgan fingerprint density at radius 1 is 1.50 bits per heavy atom. The van der Waals surface area contributed by atoms with Crippen molar-refractivity contribution in [2.75, 3.05) is 12.8 Å². The van der Waals surface area contributed by atoms with Crippen LogP contribution < -0.4 is 10.5 Å². The first-order chi connectivity index (χ1) is 8.69. The molecule has 1 aromatic heterocycles. The molecule has 0 saturated carbocycles. The average Bonchev–Trinajstić information content (AvgIpc) is 2.86. The van der Waals surface area contributed by atoms with Gasteiger partial charge in [0.2, 0.25) is 0 Å². The zero-order valence-electron chi connectivity index (χ0n) is 10.4. The van der Waals surface area contributed by atoms with Crippen molar-refractivity contribution in [2.24, 2.45) is 0 Å². The van der Waals surface area contributed by atoms with Gasteiger partial charge < -0.3 is 15.6 Å². The van der Waals surface area contributed by atoms with Gasteiger partial charge in [-0.2, -0.15) is 0 Å². The fourth-order valence-electron chi connectivity index (χ4n) is 1.86. The van der Waals surface area contributed by atoms with Gasteiger partial charge in [-0.1, -0.05) is 17.3 Å². The van der Waals surface area contributed by atoms with Crippen molar-refractivity contribution in [2.45, 2.75) is 19.6 Å². The molecule has 0 bridgehead atoms. The molecule has 2 aromatic rings. The van der Waals surface area contributed by atoms with Gasteiger partial charge in [-0.05, 0) is 13.0 Å². The van der Waals surface area contributed by atoms with Crippen molar-refractivity contribution in [3.05, 3.63) is 35.7 Å². The lowest BCUT2D eigenvalue weighted by Gasteiger charge is -2.15. The number of ether oxygens (including phenoxy) is 1. The first-order valence-electron chi connectivity index (χ1n) is 5.67. The number of hydrogen-bond acceptors (Lipinski definition) is 5. The van der Waals surface area contributed by atoms with Crippen molar-refractivity contribution >= 4 is 5.69 Å². The lowest BCUT2D eigenvalue weighted by molar-refractivity contribution is 0.208. The number of anilines is 1. The van der Waals surface area contributed by atoms with Crippen molar-refractivity contribution in [3.8, 4) is 5.75 Å². The largest absolute Gasteiger partial charge is 0.495 e. The maximum Gasteiger partial charge on any atom is 0.142 e. The average molecular weight is 248 g/mol. The van der Waals surface area contributed by atoms with Crippen LogP contribution >= 0.6 is 0 Å². The van der Waals surface area contributed by atoms with Gasteiger partial charge in [-0.25, -0.2) is 4.68 Å². The molecule has 0 fully saturated rings. The van der Waals surface area contributed by atoms with E-state index in [2.05, 4.69) is 10.3 Å². The summed E-state index contributed by atoms with van der Waals surface area (Å²) in [5.74, 6) is 0.544. The molecular weight excluding hydrogens is 232 g/mol. The molecule has 3 N–H and O–H groups in total. The van der Waals surface area contributed by atoms with E-state index in [-0.39, 0.29) is 0 Å². The van der Waals surface area contributed by atoms with E-state index in [4.69, 9.17) is 10.5 Å². The van der Waals surface area contributed by atoms with Crippen LogP contribution in [-0.4, -0.2) is 27.2 Å². The summed E-state index contributed by atoms with van der Waals surface area (Å²) in [4.78, 5) is 0. The molecule has 0 spiro atoms. The molecule has 1 aromatic carbocycles. The third kappa shape index (κ3) is 2.02. The van der Waals surface area contributed by atoms with E-state index in [9.17, 15) is 5.11 Å². The van der Waals surface area contributed by atoms with Crippen LogP contribution in [0.1, 0.15) is 24.3 Å². The Bertz CT molecular complexity index is 539. The molecule has 1 heterocycles. The Balaban J connectivity index is 2.43. The van der Waals surface area contributed by atoms with Gasteiger partial charge in [-0.15, -0.1) is 5.10 Å². The number of nitrogen functional groups attached to an aromatic ring is 1. The van der Waals surface area contributed by atoms with Gasteiger partial charge in [0.15, 0.2) is 0 Å². The van der Waals surface area contributed by atoms with E-state index < -0.39 is 6.10 Å². The highest BCUT2D eigenvalue weighted by atomic mass is 16.5. The van der Waals surface area contributed by atoms with E-state index >= 15 is 0 Å². The standard InChI is InChI=1S/C12H16N4O2/c1-3-16-9(7-14-15-16)12(17)8-5-4-6-10(18-2)11(8)13/h4-7,12,17H,3,13H2,1-2H3. The molecule has 96 valence electrons. The van der Waals surface area contributed by atoms with Crippen LogP contribution in [0.2, 0.25) is 0 Å². The number of benzene rings is 1. The lowest BCUT2D eigenvalue weighted by atomic mass is 10.0. The Morgan fingerprint density at radius 3 is 2.94 bits per heavy atom. The van der Waals surface area contributed by atoms with E-state index in [1.54, 1.807) is 30.0 Å². The summed E-state index contributed by atoms with van der Waals surface area (Å²) in [6.07, 6.45) is 0.669. The molecule has 6 nitrogen and oxygen atoms in total. The highest BCUT2D eigenvalue weighted by molar-refractivity contribution is 5.60. The number of para-hydroxylation sites is 1. The number of hydrogen-bond donors (Lipinski definition) is 2. The molecule has 0 saturated heterocycles. The summed E-state index contributed by atoms with van der Waals surface area (Å²) in [5.41, 5.74) is 7.58. The van der Waals surface area contributed by atoms with Crippen LogP contribution in [0.25, 0.3) is 0 Å². The lowest BCUT2D eigenvalue weighted by Crippen LogP contribution is -2.11. The zero-order chi connectivity index (χ0) is 13.1. The highest BCUT2D eigenvalue weighted by Gasteiger charge is 2.19. The van der Waals surface area contributed by atoms with Crippen molar-refractivity contribution < 1.29 is 9.84 Å². The third-order valence-corrected chi connectivity index (χ3v) is 2.84. The first kappa shape index (κ1) is 12.4. The monoisotopic (exact) mass is 248 g/mol. The number of nitrogens with zero attached hydrogens (tertiary/aromatic N) is 3. The SMILES string of the molecule is CCn1nncc1C(O)c1cccc(OC)c1N. The van der Waals surface area contributed by atoms with E-state index in [0.717, 1.165) is 0 Å². The van der Waals surface area contributed by atoms with Crippen molar-refractivity contribution in [1.82, 2.24) is 15.0 Å². The molecule has 6 heteroatoms. The van der Waals surface area contributed by atoms with E-state index in [0.29, 0.717) is 29.2 Å². The Hall–Kier alpha value is -2.08. The number of methoxy groups -OCH3 is 1. The van der Waals surface area contributed by atoms with Crippen LogP contribution in [0, 0.1) is 0 Å². The second-order valence-corrected chi connectivity index (χ2v) is 3.84. The Morgan fingerprint density at radius 2 is 2.28 bits per heavy atom. The summed E-state index contributed by atoms with van der Waals surface area (Å²) in [7, 11) is 1.54. The molecular formula is C12H16N4O2. The fraction of sp³-hybridized carbons (Fsp3) is 0.333. The summed E-state index contributed by atoms with van der Waals surface area (Å²) >= 11 is 0. The van der Waals surface area contributed by atoms with Crippen molar-refractivity contribution in [1.29, 1.82) is 0 Å². The predicted molar refractivity (Wildman–Crippen MR) is 67.2 cm³/mol. The normalized spacial score (nSPS) is 12.4. The summed E-state index contributed by atoms with van der Waals surface area (Å²) < 4.78 is 6.76. The number of aryl methyl sites for hydroxylation is 1. The number of aromatic nitrogens is 3. The highest BCUT2D eigenvalue weighted by Crippen LogP contribution is 2.32. The smallest absolute Gasteiger partial charge is 0.142 e. The number of nitrogens with two attached hydrogens (primary N) is 1. The van der Waals surface area contributed by atoms with Crippen LogP contribution in [0.15, 0.2) is 24.4 Å². The van der Waals surface area contributed by atoms with E-state index in [1.807, 2.05) is 6.92 Å². The molecule has 0 aliphatic heterocycles. The van der Waals surface area contributed by atoms with Gasteiger partial charge in [0.25, 0.3) is 0 Å². The second-order valence-electron chi connectivity index (χ2n) is 3.84. The summed E-state index contributed by atoms with van der Waals surface area (Å²) in [6, 6.07) is 5.30. The minimum atomic E-state index is -0.866. The number of rotatable bonds is 4. The second kappa shape index (κ2) is 5.05. The number of aliphatic hydroxyl groups is 1. The van der Waals surface area contributed by atoms with Crippen LogP contribution in [0.5, 0.6) is 5.75 Å². The maximum absolute atomic E-state index is 10.4. The minimum absolute atomic E-state index is 0.427. The van der Waals surface area contributed by atoms with Crippen LogP contribution in [-0.2, 0) is 6.54 Å². The molecule has 1 unspecified atom stereocenters. The molecule has 18 heavy (non-hydrogen) atoms. The van der Waals surface area contributed by atoms with Gasteiger partial charge in [-0.3, -0.25) is 0 Å². The predicted octanol–water partition coefficient (Wildman–Crippen LogP) is 0.971. The molecule has 0 aliphatic rings. The fourth-order valence-corrected chi connectivity index (χ4v) is 1.86. The third-order valence-electron chi connectivity index (χ3n) is 2.84. The van der Waals surface area contributed by atoms with Crippen molar-refractivity contribution in [3.63, 3.8) is 0 Å². The minimum Gasteiger partial charge on any atom is -0.495 e. The molecule has 1 atom stereocenters. The van der Waals surface area contributed by atoms with Gasteiger partial charge in [0.1, 0.15) is 11.9 Å². The Labute approximate surface area is 105 Å². The summed E-state index contributed by atoms with van der Waals surface area (Å²) in [6.45, 7) is 2.57. The zero-order valence-corrected chi connectivity index (χ0v) is 10.4. The quantitative estimate of drug-likeness (QED) is 0.787. The molecule has 0 aliphatic carbocycles. The molecule has 0 amide bonds. The number of aliphatic hydroxyl groups excluding tert-OH is 1. The van der Waals surface area contributed by atoms with Gasteiger partial charge in [0.05, 0.1) is 24.7 Å². The first-order valence-corrected chi connectivity index (χ1v) is 5.67. The van der Waals surface area contributed by atoms with Crippen LogP contribution in [0.4, 0.5) is 5.69 Å². The van der Waals surface area contributed by atoms with Crippen LogP contribution in [0.3, 0.4) is 0 Å².